The van der Waals surface area contributed by atoms with Gasteiger partial charge in [-0.25, -0.2) is 4.79 Å². The summed E-state index contributed by atoms with van der Waals surface area (Å²) in [6.07, 6.45) is 0.271. The number of rotatable bonds is 1. The third kappa shape index (κ3) is 1.09. The molecule has 3 rings (SSSR count). The van der Waals surface area contributed by atoms with E-state index in [2.05, 4.69) is 15.9 Å². The average Bonchev–Trinajstić information content (AvgIpc) is 2.96. The molecule has 4 nitrogen and oxygen atoms in total. The topological polar surface area (TPSA) is 63.6 Å². The first-order valence-electron chi connectivity index (χ1n) is 4.81. The monoisotopic (exact) mass is 282 g/mol. The number of fused-ring (bicyclic) bond motifs is 2. The fourth-order valence-electron chi connectivity index (χ4n) is 2.11. The normalized spacial score (nSPS) is 30.1. The Morgan fingerprint density at radius 3 is 3.00 bits per heavy atom. The van der Waals surface area contributed by atoms with Gasteiger partial charge in [0.2, 0.25) is 5.60 Å². The Labute approximate surface area is 99.3 Å². The number of hydrogen-bond donors (Lipinski definition) is 1. The van der Waals surface area contributed by atoms with Gasteiger partial charge in [0.05, 0.1) is 11.5 Å². The molecule has 82 valence electrons. The zero-order valence-corrected chi connectivity index (χ0v) is 9.65. The molecule has 1 aliphatic heterocycles. The SMILES string of the molecule is O=C1c2cc(Br)ccc2O[C@@]2(C(=O)O)C[C@@H]12. The molecule has 16 heavy (non-hydrogen) atoms. The minimum absolute atomic E-state index is 0.134. The summed E-state index contributed by atoms with van der Waals surface area (Å²) in [4.78, 5) is 23.0. The summed E-state index contributed by atoms with van der Waals surface area (Å²) >= 11 is 3.27. The Morgan fingerprint density at radius 1 is 1.56 bits per heavy atom. The van der Waals surface area contributed by atoms with Crippen molar-refractivity contribution in [2.75, 3.05) is 0 Å². The van der Waals surface area contributed by atoms with Crippen LogP contribution in [0.15, 0.2) is 22.7 Å². The molecule has 1 heterocycles. The van der Waals surface area contributed by atoms with E-state index in [1.54, 1.807) is 18.2 Å². The van der Waals surface area contributed by atoms with Crippen molar-refractivity contribution in [2.45, 2.75) is 12.0 Å². The summed E-state index contributed by atoms with van der Waals surface area (Å²) in [5.74, 6) is -1.35. The van der Waals surface area contributed by atoms with Crippen LogP contribution >= 0.6 is 15.9 Å². The first-order chi connectivity index (χ1) is 7.54. The van der Waals surface area contributed by atoms with E-state index >= 15 is 0 Å². The highest BCUT2D eigenvalue weighted by Crippen LogP contribution is 2.54. The van der Waals surface area contributed by atoms with Crippen molar-refractivity contribution in [1.82, 2.24) is 0 Å². The van der Waals surface area contributed by atoms with Crippen LogP contribution in [-0.4, -0.2) is 22.5 Å². The largest absolute Gasteiger partial charge is 0.478 e. The average molecular weight is 283 g/mol. The molecular weight excluding hydrogens is 276 g/mol. The third-order valence-corrected chi connectivity index (χ3v) is 3.58. The summed E-state index contributed by atoms with van der Waals surface area (Å²) in [7, 11) is 0. The van der Waals surface area contributed by atoms with Gasteiger partial charge >= 0.3 is 5.97 Å². The molecule has 0 bridgehead atoms. The molecule has 2 atom stereocenters. The van der Waals surface area contributed by atoms with Gasteiger partial charge in [0.25, 0.3) is 0 Å². The molecule has 1 aromatic carbocycles. The Kier molecular flexibility index (Phi) is 1.75. The number of hydrogen-bond acceptors (Lipinski definition) is 3. The van der Waals surface area contributed by atoms with E-state index in [-0.39, 0.29) is 12.2 Å². The predicted molar refractivity (Wildman–Crippen MR) is 57.6 cm³/mol. The molecule has 0 aromatic heterocycles. The number of halogens is 1. The Morgan fingerprint density at radius 2 is 2.31 bits per heavy atom. The van der Waals surface area contributed by atoms with E-state index in [9.17, 15) is 9.59 Å². The van der Waals surface area contributed by atoms with Crippen LogP contribution in [0.2, 0.25) is 0 Å². The number of ether oxygens (including phenoxy) is 1. The predicted octanol–water partition coefficient (Wildman–Crippen LogP) is 1.87. The van der Waals surface area contributed by atoms with Gasteiger partial charge in [0, 0.05) is 10.9 Å². The van der Waals surface area contributed by atoms with Crippen LogP contribution in [0.25, 0.3) is 0 Å². The van der Waals surface area contributed by atoms with Crippen LogP contribution < -0.4 is 4.74 Å². The van der Waals surface area contributed by atoms with Crippen LogP contribution in [0.5, 0.6) is 5.75 Å². The van der Waals surface area contributed by atoms with Crippen LogP contribution in [0.4, 0.5) is 0 Å². The lowest BCUT2D eigenvalue weighted by atomic mass is 10.0. The minimum Gasteiger partial charge on any atom is -0.478 e. The molecule has 1 aromatic rings. The number of aliphatic carboxylic acids is 1. The fraction of sp³-hybridized carbons (Fsp3) is 0.273. The van der Waals surface area contributed by atoms with Gasteiger partial charge in [-0.15, -0.1) is 0 Å². The van der Waals surface area contributed by atoms with Gasteiger partial charge in [-0.1, -0.05) is 15.9 Å². The smallest absolute Gasteiger partial charge is 0.348 e. The lowest BCUT2D eigenvalue weighted by molar-refractivity contribution is -0.148. The number of carbonyl (C=O) groups excluding carboxylic acids is 1. The second-order valence-corrected chi connectivity index (χ2v) is 4.97. The number of carboxylic acids is 1. The van der Waals surface area contributed by atoms with Gasteiger partial charge in [-0.3, -0.25) is 4.79 Å². The quantitative estimate of drug-likeness (QED) is 0.854. The molecule has 1 fully saturated rings. The summed E-state index contributed by atoms with van der Waals surface area (Å²) in [5.41, 5.74) is -0.827. The van der Waals surface area contributed by atoms with Crippen molar-refractivity contribution >= 4 is 27.7 Å². The van der Waals surface area contributed by atoms with E-state index in [1.165, 1.54) is 0 Å². The molecule has 0 radical (unpaired) electrons. The maximum absolute atomic E-state index is 12.0. The molecule has 1 N–H and O–H groups in total. The van der Waals surface area contributed by atoms with E-state index in [0.717, 1.165) is 4.47 Å². The number of carbonyl (C=O) groups is 2. The molecule has 2 aliphatic rings. The summed E-state index contributed by atoms with van der Waals surface area (Å²) < 4.78 is 6.22. The Bertz CT molecular complexity index is 525. The van der Waals surface area contributed by atoms with Gasteiger partial charge < -0.3 is 9.84 Å². The van der Waals surface area contributed by atoms with Gasteiger partial charge in [-0.2, -0.15) is 0 Å². The molecular formula is C11H7BrO4. The van der Waals surface area contributed by atoms with Crippen molar-refractivity contribution in [2.24, 2.45) is 5.92 Å². The van der Waals surface area contributed by atoms with Crippen molar-refractivity contribution in [1.29, 1.82) is 0 Å². The van der Waals surface area contributed by atoms with Crippen molar-refractivity contribution in [3.63, 3.8) is 0 Å². The van der Waals surface area contributed by atoms with Crippen molar-refractivity contribution < 1.29 is 19.4 Å². The number of ketones is 1. The van der Waals surface area contributed by atoms with Gasteiger partial charge in [0.15, 0.2) is 5.78 Å². The molecule has 0 unspecified atom stereocenters. The highest BCUT2D eigenvalue weighted by molar-refractivity contribution is 9.10. The van der Waals surface area contributed by atoms with E-state index < -0.39 is 17.5 Å². The van der Waals surface area contributed by atoms with Gasteiger partial charge in [-0.05, 0) is 18.2 Å². The zero-order chi connectivity index (χ0) is 11.5. The van der Waals surface area contributed by atoms with E-state index in [0.29, 0.717) is 11.3 Å². The number of Topliss-reactive ketones (excluding diaryl/α,β-unsaturated/α-hetero) is 1. The van der Waals surface area contributed by atoms with Gasteiger partial charge in [0.1, 0.15) is 5.75 Å². The van der Waals surface area contributed by atoms with Crippen molar-refractivity contribution in [3.05, 3.63) is 28.2 Å². The number of benzene rings is 1. The fourth-order valence-corrected chi connectivity index (χ4v) is 2.47. The lowest BCUT2D eigenvalue weighted by Crippen LogP contribution is -2.37. The van der Waals surface area contributed by atoms with E-state index in [1.807, 2.05) is 0 Å². The molecule has 1 saturated carbocycles. The lowest BCUT2D eigenvalue weighted by Gasteiger charge is -2.22. The van der Waals surface area contributed by atoms with Crippen LogP contribution in [-0.2, 0) is 4.79 Å². The number of carboxylic acid groups (broad SMARTS) is 1. The first kappa shape index (κ1) is 9.84. The van der Waals surface area contributed by atoms with Crippen LogP contribution in [0.3, 0.4) is 0 Å². The standard InChI is InChI=1S/C11H7BrO4/c12-5-1-2-8-6(3-5)9(13)7-4-11(7,16-8)10(14)15/h1-3,7H,4H2,(H,14,15)/t7-,11-/m0/s1. The third-order valence-electron chi connectivity index (χ3n) is 3.09. The molecule has 0 spiro atoms. The zero-order valence-electron chi connectivity index (χ0n) is 8.07. The maximum atomic E-state index is 12.0. The minimum atomic E-state index is -1.29. The first-order valence-corrected chi connectivity index (χ1v) is 5.60. The summed E-state index contributed by atoms with van der Waals surface area (Å²) in [5, 5.41) is 9.05. The highest BCUT2D eigenvalue weighted by atomic mass is 79.9. The van der Waals surface area contributed by atoms with Crippen LogP contribution in [0, 0.1) is 5.92 Å². The Balaban J connectivity index is 2.11. The molecule has 0 saturated heterocycles. The highest BCUT2D eigenvalue weighted by Gasteiger charge is 2.69. The van der Waals surface area contributed by atoms with Crippen LogP contribution in [0.1, 0.15) is 16.8 Å². The Hall–Kier alpha value is -1.36. The van der Waals surface area contributed by atoms with Crippen molar-refractivity contribution in [3.8, 4) is 5.75 Å². The maximum Gasteiger partial charge on any atom is 0.348 e. The summed E-state index contributed by atoms with van der Waals surface area (Å²) in [6, 6.07) is 5.02. The van der Waals surface area contributed by atoms with E-state index in [4.69, 9.17) is 9.84 Å². The molecule has 5 heteroatoms. The summed E-state index contributed by atoms with van der Waals surface area (Å²) in [6.45, 7) is 0. The molecule has 1 aliphatic carbocycles. The second-order valence-electron chi connectivity index (χ2n) is 4.06. The second kappa shape index (κ2) is 2.85. The molecule has 0 amide bonds.